The minimum Gasteiger partial charge on any atom is -0.494 e. The molecular formula is C17H16ClN5O5. The van der Waals surface area contributed by atoms with Gasteiger partial charge >= 0.3 is 0 Å². The Kier molecular flexibility index (Phi) is 5.59. The molecule has 0 aliphatic rings. The molecule has 0 spiro atoms. The summed E-state index contributed by atoms with van der Waals surface area (Å²) in [7, 11) is 0. The first kappa shape index (κ1) is 19.4. The van der Waals surface area contributed by atoms with Crippen LogP contribution in [0.25, 0.3) is 0 Å². The van der Waals surface area contributed by atoms with Gasteiger partial charge in [-0.25, -0.2) is 0 Å². The van der Waals surface area contributed by atoms with Crippen LogP contribution < -0.4 is 10.1 Å². The number of aryl methyl sites for hydroxylation is 1. The second kappa shape index (κ2) is 8.09. The normalized spacial score (nSPS) is 10.7. The minimum absolute atomic E-state index is 0.00676. The number of rotatable bonds is 7. The fourth-order valence-electron chi connectivity index (χ4n) is 2.55. The quantitative estimate of drug-likeness (QED) is 0.471. The van der Waals surface area contributed by atoms with Crippen molar-refractivity contribution in [2.24, 2.45) is 0 Å². The van der Waals surface area contributed by atoms with Crippen LogP contribution in [-0.4, -0.2) is 32.4 Å². The zero-order valence-corrected chi connectivity index (χ0v) is 15.8. The second-order valence-electron chi connectivity index (χ2n) is 5.75. The van der Waals surface area contributed by atoms with Crippen molar-refractivity contribution >= 4 is 28.9 Å². The zero-order chi connectivity index (χ0) is 20.3. The van der Waals surface area contributed by atoms with Crippen molar-refractivity contribution < 1.29 is 19.0 Å². The molecule has 11 heteroatoms. The predicted octanol–water partition coefficient (Wildman–Crippen LogP) is 3.44. The summed E-state index contributed by atoms with van der Waals surface area (Å²) in [4.78, 5) is 23.4. The van der Waals surface area contributed by atoms with E-state index in [4.69, 9.17) is 20.9 Å². The van der Waals surface area contributed by atoms with E-state index >= 15 is 0 Å². The molecule has 0 aliphatic carbocycles. The number of amides is 1. The third kappa shape index (κ3) is 4.12. The topological polar surface area (TPSA) is 125 Å². The molecule has 2 aromatic heterocycles. The number of hydrogen-bond donors (Lipinski definition) is 1. The van der Waals surface area contributed by atoms with Gasteiger partial charge in [-0.2, -0.15) is 5.10 Å². The number of halogens is 1. The van der Waals surface area contributed by atoms with Gasteiger partial charge in [0.05, 0.1) is 35.4 Å². The van der Waals surface area contributed by atoms with Gasteiger partial charge in [-0.05, 0) is 26.0 Å². The first-order valence-electron chi connectivity index (χ1n) is 8.24. The van der Waals surface area contributed by atoms with Gasteiger partial charge in [0.2, 0.25) is 0 Å². The summed E-state index contributed by atoms with van der Waals surface area (Å²) in [6.45, 7) is 3.99. The lowest BCUT2D eigenvalue weighted by Gasteiger charge is -2.08. The summed E-state index contributed by atoms with van der Waals surface area (Å²) in [6.07, 6.45) is 3.06. The van der Waals surface area contributed by atoms with Crippen molar-refractivity contribution in [1.82, 2.24) is 14.9 Å². The third-order valence-corrected chi connectivity index (χ3v) is 4.04. The highest BCUT2D eigenvalue weighted by molar-refractivity contribution is 6.30. The zero-order valence-electron chi connectivity index (χ0n) is 15.0. The lowest BCUT2D eigenvalue weighted by atomic mass is 10.1. The van der Waals surface area contributed by atoms with E-state index in [1.54, 1.807) is 20.0 Å². The van der Waals surface area contributed by atoms with Crippen molar-refractivity contribution in [2.75, 3.05) is 11.9 Å². The molecule has 1 N–H and O–H groups in total. The molecule has 1 aromatic carbocycles. The van der Waals surface area contributed by atoms with Gasteiger partial charge < -0.3 is 14.6 Å². The van der Waals surface area contributed by atoms with Crippen molar-refractivity contribution in [1.29, 1.82) is 0 Å². The highest BCUT2D eigenvalue weighted by Crippen LogP contribution is 2.30. The summed E-state index contributed by atoms with van der Waals surface area (Å²) < 4.78 is 11.9. The number of nitro benzene ring substituents is 1. The lowest BCUT2D eigenvalue weighted by Crippen LogP contribution is -2.16. The molecule has 0 radical (unpaired) electrons. The molecule has 0 aliphatic heterocycles. The first-order valence-corrected chi connectivity index (χ1v) is 8.62. The monoisotopic (exact) mass is 405 g/mol. The Morgan fingerprint density at radius 1 is 1.46 bits per heavy atom. The van der Waals surface area contributed by atoms with Crippen LogP contribution in [0.4, 0.5) is 11.4 Å². The van der Waals surface area contributed by atoms with E-state index in [1.165, 1.54) is 29.1 Å². The molecule has 0 fully saturated rings. The summed E-state index contributed by atoms with van der Waals surface area (Å²) in [5.74, 6) is 0.121. The molecular weight excluding hydrogens is 390 g/mol. The van der Waals surface area contributed by atoms with Crippen LogP contribution in [0.1, 0.15) is 28.7 Å². The van der Waals surface area contributed by atoms with E-state index in [9.17, 15) is 14.9 Å². The Balaban J connectivity index is 1.87. The molecule has 10 nitrogen and oxygen atoms in total. The van der Waals surface area contributed by atoms with E-state index in [1.807, 2.05) is 0 Å². The van der Waals surface area contributed by atoms with Gasteiger partial charge in [0, 0.05) is 11.8 Å². The largest absolute Gasteiger partial charge is 0.494 e. The molecule has 2 heterocycles. The average molecular weight is 406 g/mol. The third-order valence-electron chi connectivity index (χ3n) is 3.85. The summed E-state index contributed by atoms with van der Waals surface area (Å²) in [6, 6.07) is 4.19. The second-order valence-corrected chi connectivity index (χ2v) is 6.18. The number of aromatic nitrogens is 3. The molecule has 0 bridgehead atoms. The van der Waals surface area contributed by atoms with Crippen LogP contribution in [-0.2, 0) is 6.54 Å². The summed E-state index contributed by atoms with van der Waals surface area (Å²) in [5.41, 5.74) is 0.227. The Morgan fingerprint density at radius 3 is 2.89 bits per heavy atom. The molecule has 0 saturated heterocycles. The van der Waals surface area contributed by atoms with Crippen molar-refractivity contribution in [2.45, 2.75) is 20.4 Å². The standard InChI is InChI=1S/C17H16ClN5O5/c1-3-27-12-4-5-14(15(6-12)23(25)26)20-17(24)16-13(10(2)28-21-16)9-22-8-11(18)7-19-22/h4-8H,3,9H2,1-2H3,(H,20,24). The Labute approximate surface area is 164 Å². The smallest absolute Gasteiger partial charge is 0.296 e. The predicted molar refractivity (Wildman–Crippen MR) is 99.8 cm³/mol. The Bertz CT molecular complexity index is 1030. The van der Waals surface area contributed by atoms with Gasteiger partial charge in [0.15, 0.2) is 5.69 Å². The van der Waals surface area contributed by atoms with E-state index in [2.05, 4.69) is 15.6 Å². The minimum atomic E-state index is -0.641. The molecule has 0 atom stereocenters. The van der Waals surface area contributed by atoms with Gasteiger partial charge in [-0.1, -0.05) is 16.8 Å². The van der Waals surface area contributed by atoms with Gasteiger partial charge in [-0.3, -0.25) is 19.6 Å². The molecule has 0 saturated carbocycles. The molecule has 3 rings (SSSR count). The molecule has 28 heavy (non-hydrogen) atoms. The summed E-state index contributed by atoms with van der Waals surface area (Å²) in [5, 5.41) is 22.1. The van der Waals surface area contributed by atoms with E-state index < -0.39 is 10.8 Å². The van der Waals surface area contributed by atoms with Crippen LogP contribution in [0.3, 0.4) is 0 Å². The number of hydrogen-bond acceptors (Lipinski definition) is 7. The van der Waals surface area contributed by atoms with Crippen LogP contribution in [0, 0.1) is 17.0 Å². The number of nitro groups is 1. The maximum Gasteiger partial charge on any atom is 0.296 e. The number of benzene rings is 1. The van der Waals surface area contributed by atoms with Crippen LogP contribution in [0.15, 0.2) is 35.1 Å². The van der Waals surface area contributed by atoms with E-state index in [-0.39, 0.29) is 23.6 Å². The van der Waals surface area contributed by atoms with Crippen molar-refractivity contribution in [3.8, 4) is 5.75 Å². The number of nitrogens with zero attached hydrogens (tertiary/aromatic N) is 4. The number of carbonyl (C=O) groups excluding carboxylic acids is 1. The SMILES string of the molecule is CCOc1ccc(NC(=O)c2noc(C)c2Cn2cc(Cl)cn2)c([N+](=O)[O-])c1. The van der Waals surface area contributed by atoms with Gasteiger partial charge in [0.1, 0.15) is 17.2 Å². The number of ether oxygens (including phenoxy) is 1. The maximum absolute atomic E-state index is 12.7. The van der Waals surface area contributed by atoms with Gasteiger partial charge in [0.25, 0.3) is 11.6 Å². The van der Waals surface area contributed by atoms with E-state index in [0.717, 1.165) is 0 Å². The van der Waals surface area contributed by atoms with Gasteiger partial charge in [-0.15, -0.1) is 0 Å². The highest BCUT2D eigenvalue weighted by atomic mass is 35.5. The highest BCUT2D eigenvalue weighted by Gasteiger charge is 2.24. The van der Waals surface area contributed by atoms with Crippen molar-refractivity contribution in [3.63, 3.8) is 0 Å². The fourth-order valence-corrected chi connectivity index (χ4v) is 2.71. The van der Waals surface area contributed by atoms with Crippen LogP contribution in [0.2, 0.25) is 5.02 Å². The van der Waals surface area contributed by atoms with E-state index in [0.29, 0.717) is 28.7 Å². The Hall–Kier alpha value is -3.40. The molecule has 0 unspecified atom stereocenters. The molecule has 1 amide bonds. The van der Waals surface area contributed by atoms with Crippen LogP contribution in [0.5, 0.6) is 5.75 Å². The average Bonchev–Trinajstić information content (AvgIpc) is 3.22. The van der Waals surface area contributed by atoms with Crippen molar-refractivity contribution in [3.05, 3.63) is 62.7 Å². The first-order chi connectivity index (χ1) is 13.4. The molecule has 146 valence electrons. The molecule has 3 aromatic rings. The number of nitrogens with one attached hydrogen (secondary N) is 1. The Morgan fingerprint density at radius 2 is 2.25 bits per heavy atom. The van der Waals surface area contributed by atoms with Crippen LogP contribution >= 0.6 is 11.6 Å². The number of anilines is 1. The summed E-state index contributed by atoms with van der Waals surface area (Å²) >= 11 is 5.86. The fraction of sp³-hybridized carbons (Fsp3) is 0.235. The lowest BCUT2D eigenvalue weighted by molar-refractivity contribution is -0.384. The number of carbonyl (C=O) groups is 1. The maximum atomic E-state index is 12.7.